The number of benzene rings is 2. The highest BCUT2D eigenvalue weighted by molar-refractivity contribution is 9.10. The Kier molecular flexibility index (Phi) is 5.07. The summed E-state index contributed by atoms with van der Waals surface area (Å²) >= 11 is 3.39. The number of nitriles is 1. The number of nitrogens with one attached hydrogen (secondary N) is 2. The maximum absolute atomic E-state index is 12.3. The fourth-order valence-electron chi connectivity index (χ4n) is 2.15. The normalized spacial score (nSPS) is 9.92. The van der Waals surface area contributed by atoms with Gasteiger partial charge in [0.1, 0.15) is 5.69 Å². The van der Waals surface area contributed by atoms with Gasteiger partial charge in [0.25, 0.3) is 5.91 Å². The second-order valence-electron chi connectivity index (χ2n) is 5.18. The number of anilines is 3. The second kappa shape index (κ2) is 7.60. The predicted molar refractivity (Wildman–Crippen MR) is 101 cm³/mol. The number of pyridine rings is 1. The zero-order chi connectivity index (χ0) is 17.6. The maximum Gasteiger partial charge on any atom is 0.274 e. The molecule has 0 radical (unpaired) electrons. The lowest BCUT2D eigenvalue weighted by Gasteiger charge is -2.08. The van der Waals surface area contributed by atoms with Crippen molar-refractivity contribution in [2.45, 2.75) is 0 Å². The van der Waals surface area contributed by atoms with Gasteiger partial charge in [-0.05, 0) is 64.5 Å². The van der Waals surface area contributed by atoms with Gasteiger partial charge >= 0.3 is 0 Å². The molecular weight excluding hydrogens is 380 g/mol. The number of rotatable bonds is 4. The van der Waals surface area contributed by atoms with Crippen LogP contribution < -0.4 is 10.6 Å². The topological polar surface area (TPSA) is 77.8 Å². The molecule has 6 heteroatoms. The van der Waals surface area contributed by atoms with Gasteiger partial charge in [0.05, 0.1) is 29.2 Å². The van der Waals surface area contributed by atoms with Crippen molar-refractivity contribution < 1.29 is 4.79 Å². The summed E-state index contributed by atoms with van der Waals surface area (Å²) in [7, 11) is 0. The van der Waals surface area contributed by atoms with Crippen LogP contribution in [0.3, 0.4) is 0 Å². The van der Waals surface area contributed by atoms with E-state index < -0.39 is 0 Å². The first-order chi connectivity index (χ1) is 12.2. The van der Waals surface area contributed by atoms with E-state index in [1.165, 1.54) is 0 Å². The van der Waals surface area contributed by atoms with Crippen molar-refractivity contribution in [1.29, 1.82) is 5.26 Å². The molecule has 1 heterocycles. The van der Waals surface area contributed by atoms with Crippen LogP contribution in [0, 0.1) is 11.3 Å². The lowest BCUT2D eigenvalue weighted by atomic mass is 10.2. The van der Waals surface area contributed by atoms with Crippen LogP contribution in [0.25, 0.3) is 0 Å². The Morgan fingerprint density at radius 3 is 2.36 bits per heavy atom. The van der Waals surface area contributed by atoms with E-state index in [0.29, 0.717) is 16.9 Å². The molecule has 1 amide bonds. The summed E-state index contributed by atoms with van der Waals surface area (Å²) in [6.45, 7) is 0. The molecule has 2 aromatic carbocycles. The number of aromatic nitrogens is 1. The Morgan fingerprint density at radius 1 is 1.00 bits per heavy atom. The first kappa shape index (κ1) is 16.7. The minimum Gasteiger partial charge on any atom is -0.354 e. The van der Waals surface area contributed by atoms with Crippen LogP contribution >= 0.6 is 15.9 Å². The highest BCUT2D eigenvalue weighted by Crippen LogP contribution is 2.22. The van der Waals surface area contributed by atoms with E-state index in [1.807, 2.05) is 36.4 Å². The maximum atomic E-state index is 12.3. The smallest absolute Gasteiger partial charge is 0.274 e. The average molecular weight is 393 g/mol. The van der Waals surface area contributed by atoms with Gasteiger partial charge < -0.3 is 10.6 Å². The monoisotopic (exact) mass is 392 g/mol. The van der Waals surface area contributed by atoms with Gasteiger partial charge in [-0.2, -0.15) is 5.26 Å². The molecule has 3 aromatic rings. The van der Waals surface area contributed by atoms with Crippen LogP contribution in [-0.4, -0.2) is 10.9 Å². The molecule has 3 rings (SSSR count). The molecule has 2 N–H and O–H groups in total. The Balaban J connectivity index is 1.68. The van der Waals surface area contributed by atoms with Crippen molar-refractivity contribution in [3.8, 4) is 6.07 Å². The Labute approximate surface area is 153 Å². The fourth-order valence-corrected chi connectivity index (χ4v) is 2.53. The van der Waals surface area contributed by atoms with Crippen molar-refractivity contribution in [3.05, 3.63) is 82.6 Å². The third-order valence-electron chi connectivity index (χ3n) is 3.42. The number of para-hydroxylation sites is 1. The van der Waals surface area contributed by atoms with Crippen LogP contribution in [0.1, 0.15) is 16.1 Å². The van der Waals surface area contributed by atoms with Gasteiger partial charge in [0.15, 0.2) is 0 Å². The summed E-state index contributed by atoms with van der Waals surface area (Å²) in [5.74, 6) is -0.281. The largest absolute Gasteiger partial charge is 0.354 e. The highest BCUT2D eigenvalue weighted by atomic mass is 79.9. The Bertz CT molecular complexity index is 931. The Morgan fingerprint density at radius 2 is 1.72 bits per heavy atom. The molecule has 0 aliphatic heterocycles. The summed E-state index contributed by atoms with van der Waals surface area (Å²) in [6, 6.07) is 20.0. The third kappa shape index (κ3) is 4.22. The van der Waals surface area contributed by atoms with E-state index in [0.717, 1.165) is 15.8 Å². The minimum atomic E-state index is -0.281. The molecule has 0 spiro atoms. The van der Waals surface area contributed by atoms with Gasteiger partial charge in [0.2, 0.25) is 0 Å². The highest BCUT2D eigenvalue weighted by Gasteiger charge is 2.09. The van der Waals surface area contributed by atoms with Crippen LogP contribution in [0.15, 0.2) is 71.3 Å². The number of carbonyl (C=O) groups excluding carboxylic acids is 1. The van der Waals surface area contributed by atoms with Gasteiger partial charge in [-0.3, -0.25) is 4.79 Å². The van der Waals surface area contributed by atoms with Crippen molar-refractivity contribution in [2.75, 3.05) is 10.6 Å². The summed E-state index contributed by atoms with van der Waals surface area (Å²) in [4.78, 5) is 16.5. The lowest BCUT2D eigenvalue weighted by molar-refractivity contribution is 0.102. The SMILES string of the molecule is N#Cc1ccc(Nc2ccc(C(=O)Nc3ccccc3Br)nc2)cc1. The van der Waals surface area contributed by atoms with Crippen LogP contribution in [0.5, 0.6) is 0 Å². The zero-order valence-electron chi connectivity index (χ0n) is 13.0. The molecule has 0 aliphatic carbocycles. The molecule has 0 saturated heterocycles. The number of amides is 1. The lowest BCUT2D eigenvalue weighted by Crippen LogP contribution is -2.13. The van der Waals surface area contributed by atoms with E-state index in [4.69, 9.17) is 5.26 Å². The van der Waals surface area contributed by atoms with Gasteiger partial charge in [-0.25, -0.2) is 4.98 Å². The molecule has 122 valence electrons. The summed E-state index contributed by atoms with van der Waals surface area (Å²) in [5.41, 5.74) is 3.20. The number of nitrogens with zero attached hydrogens (tertiary/aromatic N) is 2. The van der Waals surface area contributed by atoms with Crippen molar-refractivity contribution in [1.82, 2.24) is 4.98 Å². The summed E-state index contributed by atoms with van der Waals surface area (Å²) in [5, 5.41) is 14.8. The van der Waals surface area contributed by atoms with Crippen LogP contribution in [0.4, 0.5) is 17.1 Å². The minimum absolute atomic E-state index is 0.281. The first-order valence-electron chi connectivity index (χ1n) is 7.45. The third-order valence-corrected chi connectivity index (χ3v) is 4.11. The van der Waals surface area contributed by atoms with Crippen LogP contribution in [0.2, 0.25) is 0 Å². The first-order valence-corrected chi connectivity index (χ1v) is 8.24. The quantitative estimate of drug-likeness (QED) is 0.673. The second-order valence-corrected chi connectivity index (χ2v) is 6.03. The molecule has 0 atom stereocenters. The zero-order valence-corrected chi connectivity index (χ0v) is 14.6. The molecule has 25 heavy (non-hydrogen) atoms. The molecule has 0 unspecified atom stereocenters. The van der Waals surface area contributed by atoms with Gasteiger partial charge in [0, 0.05) is 10.2 Å². The summed E-state index contributed by atoms with van der Waals surface area (Å²) in [6.07, 6.45) is 1.59. The number of hydrogen-bond donors (Lipinski definition) is 2. The molecule has 0 fully saturated rings. The Hall–Kier alpha value is -3.17. The molecule has 0 saturated carbocycles. The molecule has 0 aliphatic rings. The van der Waals surface area contributed by atoms with E-state index in [2.05, 4.69) is 37.6 Å². The summed E-state index contributed by atoms with van der Waals surface area (Å²) < 4.78 is 0.808. The van der Waals surface area contributed by atoms with Gasteiger partial charge in [-0.15, -0.1) is 0 Å². The number of carbonyl (C=O) groups is 1. The molecule has 0 bridgehead atoms. The fraction of sp³-hybridized carbons (Fsp3) is 0. The average Bonchev–Trinajstić information content (AvgIpc) is 2.65. The van der Waals surface area contributed by atoms with Crippen molar-refractivity contribution in [3.63, 3.8) is 0 Å². The van der Waals surface area contributed by atoms with E-state index >= 15 is 0 Å². The van der Waals surface area contributed by atoms with Crippen LogP contribution in [-0.2, 0) is 0 Å². The van der Waals surface area contributed by atoms with Gasteiger partial charge in [-0.1, -0.05) is 12.1 Å². The van der Waals surface area contributed by atoms with E-state index in [1.54, 1.807) is 30.5 Å². The molecule has 1 aromatic heterocycles. The molecule has 5 nitrogen and oxygen atoms in total. The standard InChI is InChI=1S/C19H13BrN4O/c20-16-3-1-2-4-17(16)24-19(25)18-10-9-15(12-22-18)23-14-7-5-13(11-21)6-8-14/h1-10,12,23H,(H,24,25). The van der Waals surface area contributed by atoms with Crippen molar-refractivity contribution >= 4 is 38.9 Å². The van der Waals surface area contributed by atoms with Crippen molar-refractivity contribution in [2.24, 2.45) is 0 Å². The predicted octanol–water partition coefficient (Wildman–Crippen LogP) is 4.71. The van der Waals surface area contributed by atoms with E-state index in [9.17, 15) is 4.79 Å². The van der Waals surface area contributed by atoms with E-state index in [-0.39, 0.29) is 5.91 Å². The number of hydrogen-bond acceptors (Lipinski definition) is 4. The number of halogens is 1. The molecular formula is C19H13BrN4O.